The number of aryl methyl sites for hydroxylation is 1. The van der Waals surface area contributed by atoms with Crippen molar-refractivity contribution in [2.75, 3.05) is 13.2 Å². The molecule has 0 spiro atoms. The molecular formula is C26H22F3N3O5S. The zero-order chi connectivity index (χ0) is 27.8. The zero-order valence-corrected chi connectivity index (χ0v) is 21.4. The molecule has 0 fully saturated rings. The molecule has 4 aromatic rings. The van der Waals surface area contributed by atoms with Gasteiger partial charge in [0.25, 0.3) is 5.56 Å². The number of hydrogen-bond donors (Lipinski definition) is 0. The number of ether oxygens (including phenoxy) is 2. The summed E-state index contributed by atoms with van der Waals surface area (Å²) in [6.07, 6.45) is -4.86. The Bertz CT molecular complexity index is 1680. The highest BCUT2D eigenvalue weighted by Crippen LogP contribution is 2.37. The van der Waals surface area contributed by atoms with Crippen LogP contribution in [0.2, 0.25) is 0 Å². The number of carbonyl (C=O) groups is 1. The lowest BCUT2D eigenvalue weighted by Gasteiger charge is -2.14. The first-order chi connectivity index (χ1) is 17.9. The first kappa shape index (κ1) is 26.9. The van der Waals surface area contributed by atoms with Gasteiger partial charge in [0.05, 0.1) is 16.1 Å². The fourth-order valence-corrected chi connectivity index (χ4v) is 4.50. The van der Waals surface area contributed by atoms with E-state index < -0.39 is 29.1 Å². The maximum absolute atomic E-state index is 13.3. The minimum absolute atomic E-state index is 0.0746. The van der Waals surface area contributed by atoms with E-state index in [9.17, 15) is 27.6 Å². The third-order valence-electron chi connectivity index (χ3n) is 5.54. The lowest BCUT2D eigenvalue weighted by atomic mass is 10.0. The van der Waals surface area contributed by atoms with Crippen molar-refractivity contribution in [2.45, 2.75) is 20.0 Å². The van der Waals surface area contributed by atoms with Crippen LogP contribution in [0.25, 0.3) is 27.0 Å². The summed E-state index contributed by atoms with van der Waals surface area (Å²) in [6.45, 7) is 6.98. The molecule has 0 atom stereocenters. The lowest BCUT2D eigenvalue weighted by molar-refractivity contribution is -0.145. The van der Waals surface area contributed by atoms with Crippen molar-refractivity contribution in [3.8, 4) is 22.7 Å². The lowest BCUT2D eigenvalue weighted by Crippen LogP contribution is -2.40. The van der Waals surface area contributed by atoms with E-state index in [0.29, 0.717) is 47.9 Å². The molecule has 8 nitrogen and oxygen atoms in total. The van der Waals surface area contributed by atoms with Crippen molar-refractivity contribution in [1.82, 2.24) is 13.5 Å². The van der Waals surface area contributed by atoms with Gasteiger partial charge >= 0.3 is 17.8 Å². The molecule has 0 aliphatic carbocycles. The molecule has 2 heterocycles. The van der Waals surface area contributed by atoms with Crippen LogP contribution in [0.15, 0.2) is 64.2 Å². The Balaban J connectivity index is 1.78. The average Bonchev–Trinajstić information content (AvgIpc) is 3.26. The number of fused-ring (bicyclic) bond motifs is 1. The van der Waals surface area contributed by atoms with Crippen LogP contribution >= 0.6 is 11.5 Å². The van der Waals surface area contributed by atoms with Gasteiger partial charge in [-0.15, -0.1) is 0 Å². The minimum atomic E-state index is -4.86. The topological polar surface area (TPSA) is 92.4 Å². The summed E-state index contributed by atoms with van der Waals surface area (Å²) in [5, 5.41) is 0.543. The van der Waals surface area contributed by atoms with E-state index in [2.05, 4.69) is 11.0 Å². The van der Waals surface area contributed by atoms with Gasteiger partial charge in [0, 0.05) is 24.1 Å². The molecule has 0 radical (unpaired) electrons. The molecule has 12 heteroatoms. The summed E-state index contributed by atoms with van der Waals surface area (Å²) in [5.41, 5.74) is -0.947. The summed E-state index contributed by atoms with van der Waals surface area (Å²) in [6, 6.07) is 10.3. The van der Waals surface area contributed by atoms with Crippen LogP contribution in [0.4, 0.5) is 13.2 Å². The van der Waals surface area contributed by atoms with Crippen molar-refractivity contribution >= 4 is 27.6 Å². The second kappa shape index (κ2) is 10.3. The molecule has 0 N–H and O–H groups in total. The minimum Gasteiger partial charge on any atom is -0.481 e. The highest BCUT2D eigenvalue weighted by Gasteiger charge is 2.35. The Kier molecular flexibility index (Phi) is 7.27. The molecule has 2 aromatic heterocycles. The largest absolute Gasteiger partial charge is 0.481 e. The standard InChI is InChI=1S/C26H22F3N3O5S/c1-14(2)12-37-23(34)13-36-19-7-5-15(3)9-17(19)24-18-10-16(6-8-20(18)38-30-24)32-22(33)11-21(26(27,28)29)31(4)25(32)35/h5-11H,1,12-13H2,2-4H3. The molecular weight excluding hydrogens is 523 g/mol. The molecule has 4 rings (SSSR count). The van der Waals surface area contributed by atoms with Crippen LogP contribution in [-0.2, 0) is 22.8 Å². The fourth-order valence-electron chi connectivity index (χ4n) is 3.73. The molecule has 0 aliphatic heterocycles. The van der Waals surface area contributed by atoms with Crippen LogP contribution in [0.5, 0.6) is 5.75 Å². The van der Waals surface area contributed by atoms with Crippen LogP contribution in [0, 0.1) is 6.92 Å². The summed E-state index contributed by atoms with van der Waals surface area (Å²) in [4.78, 5) is 37.4. The first-order valence-corrected chi connectivity index (χ1v) is 12.0. The highest BCUT2D eigenvalue weighted by atomic mass is 32.1. The van der Waals surface area contributed by atoms with Gasteiger partial charge in [-0.05, 0) is 61.3 Å². The van der Waals surface area contributed by atoms with Crippen molar-refractivity contribution in [1.29, 1.82) is 0 Å². The maximum atomic E-state index is 13.3. The predicted molar refractivity (Wildman–Crippen MR) is 137 cm³/mol. The second-order valence-electron chi connectivity index (χ2n) is 8.66. The van der Waals surface area contributed by atoms with Gasteiger partial charge in [-0.3, -0.25) is 9.36 Å². The van der Waals surface area contributed by atoms with Gasteiger partial charge in [-0.2, -0.15) is 17.5 Å². The first-order valence-electron chi connectivity index (χ1n) is 11.2. The Labute approximate surface area is 218 Å². The number of aromatic nitrogens is 3. The van der Waals surface area contributed by atoms with Crippen molar-refractivity contribution < 1.29 is 27.4 Å². The molecule has 2 aromatic carbocycles. The number of alkyl halides is 3. The van der Waals surface area contributed by atoms with Crippen molar-refractivity contribution in [2.24, 2.45) is 7.05 Å². The molecule has 38 heavy (non-hydrogen) atoms. The maximum Gasteiger partial charge on any atom is 0.431 e. The van der Waals surface area contributed by atoms with E-state index in [0.717, 1.165) is 24.1 Å². The highest BCUT2D eigenvalue weighted by molar-refractivity contribution is 7.13. The van der Waals surface area contributed by atoms with E-state index in [1.165, 1.54) is 12.1 Å². The summed E-state index contributed by atoms with van der Waals surface area (Å²) < 4.78 is 56.8. The van der Waals surface area contributed by atoms with Gasteiger partial charge in [-0.1, -0.05) is 18.2 Å². The third kappa shape index (κ3) is 5.40. The van der Waals surface area contributed by atoms with E-state index in [4.69, 9.17) is 9.47 Å². The Morgan fingerprint density at radius 2 is 1.84 bits per heavy atom. The van der Waals surface area contributed by atoms with E-state index >= 15 is 0 Å². The number of esters is 1. The monoisotopic (exact) mass is 545 g/mol. The van der Waals surface area contributed by atoms with E-state index in [1.807, 2.05) is 6.92 Å². The van der Waals surface area contributed by atoms with Crippen molar-refractivity contribution in [3.05, 3.63) is 86.7 Å². The van der Waals surface area contributed by atoms with Gasteiger partial charge in [0.1, 0.15) is 18.1 Å². The third-order valence-corrected chi connectivity index (χ3v) is 6.36. The summed E-state index contributed by atoms with van der Waals surface area (Å²) in [5.74, 6) is -0.231. The SMILES string of the molecule is C=C(C)COC(=O)COc1ccc(C)cc1-c1nsc2ccc(-n3c(=O)cc(C(F)(F)F)n(C)c3=O)cc12. The number of hydrogen-bond acceptors (Lipinski definition) is 7. The van der Waals surface area contributed by atoms with Gasteiger partial charge < -0.3 is 9.47 Å². The molecule has 0 unspecified atom stereocenters. The number of nitrogens with zero attached hydrogens (tertiary/aromatic N) is 3. The number of benzene rings is 2. The van der Waals surface area contributed by atoms with Gasteiger partial charge in [-0.25, -0.2) is 14.2 Å². The molecule has 0 bridgehead atoms. The number of halogens is 3. The van der Waals surface area contributed by atoms with Gasteiger partial charge in [0.15, 0.2) is 6.61 Å². The number of carbonyl (C=O) groups excluding carboxylic acids is 1. The quantitative estimate of drug-likeness (QED) is 0.248. The summed E-state index contributed by atoms with van der Waals surface area (Å²) >= 11 is 1.15. The van der Waals surface area contributed by atoms with Crippen LogP contribution in [0.1, 0.15) is 18.2 Å². The fraction of sp³-hybridized carbons (Fsp3) is 0.231. The Hall–Kier alpha value is -4.19. The van der Waals surface area contributed by atoms with Crippen LogP contribution in [-0.4, -0.2) is 32.7 Å². The van der Waals surface area contributed by atoms with Crippen LogP contribution < -0.4 is 16.0 Å². The molecule has 0 aliphatic rings. The zero-order valence-electron chi connectivity index (χ0n) is 20.6. The molecule has 0 amide bonds. The molecule has 0 saturated heterocycles. The smallest absolute Gasteiger partial charge is 0.431 e. The van der Waals surface area contributed by atoms with Crippen LogP contribution in [0.3, 0.4) is 0 Å². The Morgan fingerprint density at radius 1 is 1.11 bits per heavy atom. The van der Waals surface area contributed by atoms with E-state index in [1.54, 1.807) is 31.2 Å². The normalized spacial score (nSPS) is 11.5. The van der Waals surface area contributed by atoms with E-state index in [-0.39, 0.29) is 18.9 Å². The predicted octanol–water partition coefficient (Wildman–Crippen LogP) is 4.64. The second-order valence-corrected chi connectivity index (χ2v) is 9.47. The van der Waals surface area contributed by atoms with Crippen molar-refractivity contribution in [3.63, 3.8) is 0 Å². The molecule has 198 valence electrons. The average molecular weight is 546 g/mol. The Morgan fingerprint density at radius 3 is 2.53 bits per heavy atom. The number of rotatable bonds is 7. The van der Waals surface area contributed by atoms with Gasteiger partial charge in [0.2, 0.25) is 0 Å². The molecule has 0 saturated carbocycles. The summed E-state index contributed by atoms with van der Waals surface area (Å²) in [7, 11) is 0.953.